The van der Waals surface area contributed by atoms with Crippen LogP contribution >= 0.6 is 11.3 Å². The maximum absolute atomic E-state index is 12.7. The number of rotatable bonds is 4. The molecule has 1 aliphatic rings. The minimum absolute atomic E-state index is 0.149. The average Bonchev–Trinajstić information content (AvgIpc) is 3.30. The zero-order valence-corrected chi connectivity index (χ0v) is 14.4. The van der Waals surface area contributed by atoms with E-state index < -0.39 is 0 Å². The normalized spacial score (nSPS) is 15.9. The number of benzene rings is 1. The minimum Gasteiger partial charge on any atom is -0.361 e. The van der Waals surface area contributed by atoms with Crippen LogP contribution < -0.4 is 0 Å². The molecular weight excluding hydrogens is 318 g/mol. The number of piperazine rings is 1. The van der Waals surface area contributed by atoms with Crippen LogP contribution in [0.1, 0.15) is 15.2 Å². The second-order valence-corrected chi connectivity index (χ2v) is 7.28. The van der Waals surface area contributed by atoms with Crippen molar-refractivity contribution in [2.24, 2.45) is 0 Å². The molecule has 0 unspecified atom stereocenters. The van der Waals surface area contributed by atoms with Gasteiger partial charge in [-0.2, -0.15) is 0 Å². The highest BCUT2D eigenvalue weighted by atomic mass is 32.1. The predicted molar refractivity (Wildman–Crippen MR) is 98.7 cm³/mol. The molecule has 1 fully saturated rings. The fourth-order valence-corrected chi connectivity index (χ4v) is 3.96. The van der Waals surface area contributed by atoms with Gasteiger partial charge in [0.1, 0.15) is 0 Å². The Labute approximate surface area is 145 Å². The highest BCUT2D eigenvalue weighted by Crippen LogP contribution is 2.17. The summed E-state index contributed by atoms with van der Waals surface area (Å²) in [5, 5.41) is 3.23. The molecule has 1 aliphatic heterocycles. The van der Waals surface area contributed by atoms with Crippen LogP contribution in [-0.4, -0.2) is 53.4 Å². The number of H-pyrrole nitrogens is 1. The van der Waals surface area contributed by atoms with E-state index in [2.05, 4.69) is 27.4 Å². The van der Waals surface area contributed by atoms with Crippen LogP contribution in [0.3, 0.4) is 0 Å². The summed E-state index contributed by atoms with van der Waals surface area (Å²) in [5.74, 6) is 0.149. The molecule has 0 aliphatic carbocycles. The second kappa shape index (κ2) is 6.79. The average molecular weight is 339 g/mol. The van der Waals surface area contributed by atoms with Gasteiger partial charge in [-0.3, -0.25) is 9.69 Å². The Morgan fingerprint density at radius 1 is 1.12 bits per heavy atom. The summed E-state index contributed by atoms with van der Waals surface area (Å²) in [7, 11) is 0. The largest absolute Gasteiger partial charge is 0.361 e. The number of aromatic amines is 1. The van der Waals surface area contributed by atoms with Crippen LogP contribution in [0.5, 0.6) is 0 Å². The van der Waals surface area contributed by atoms with E-state index in [9.17, 15) is 4.79 Å². The number of carbonyl (C=O) groups excluding carboxylic acids is 1. The van der Waals surface area contributed by atoms with Crippen molar-refractivity contribution in [3.05, 3.63) is 58.4 Å². The van der Waals surface area contributed by atoms with Gasteiger partial charge >= 0.3 is 0 Å². The van der Waals surface area contributed by atoms with Crippen molar-refractivity contribution in [2.45, 2.75) is 6.42 Å². The van der Waals surface area contributed by atoms with Gasteiger partial charge in [0.25, 0.3) is 5.91 Å². The van der Waals surface area contributed by atoms with E-state index in [-0.39, 0.29) is 5.91 Å². The molecule has 0 bridgehead atoms. The maximum atomic E-state index is 12.7. The Kier molecular flexibility index (Phi) is 4.36. The Morgan fingerprint density at radius 3 is 2.79 bits per heavy atom. The summed E-state index contributed by atoms with van der Waals surface area (Å²) in [6.45, 7) is 4.63. The predicted octanol–water partition coefficient (Wildman–Crippen LogP) is 3.23. The van der Waals surface area contributed by atoms with Crippen molar-refractivity contribution in [1.29, 1.82) is 0 Å². The summed E-state index contributed by atoms with van der Waals surface area (Å²) in [5.41, 5.74) is 1.86. The molecule has 1 N–H and O–H groups in total. The zero-order valence-electron chi connectivity index (χ0n) is 13.6. The maximum Gasteiger partial charge on any atom is 0.253 e. The number of aromatic nitrogens is 1. The molecule has 4 nitrogen and oxygen atoms in total. The van der Waals surface area contributed by atoms with Gasteiger partial charge in [-0.05, 0) is 42.1 Å². The lowest BCUT2D eigenvalue weighted by Crippen LogP contribution is -2.49. The molecule has 124 valence electrons. The Bertz CT molecular complexity index is 816. The Morgan fingerprint density at radius 2 is 2.00 bits per heavy atom. The topological polar surface area (TPSA) is 39.3 Å². The lowest BCUT2D eigenvalue weighted by molar-refractivity contribution is 0.0639. The third-order valence-electron chi connectivity index (χ3n) is 4.71. The summed E-state index contributed by atoms with van der Waals surface area (Å²) in [4.78, 5) is 21.8. The lowest BCUT2D eigenvalue weighted by atomic mass is 10.1. The fraction of sp³-hybridized carbons (Fsp3) is 0.316. The van der Waals surface area contributed by atoms with Crippen LogP contribution in [-0.2, 0) is 6.42 Å². The number of nitrogens with zero attached hydrogens (tertiary/aromatic N) is 2. The fourth-order valence-electron chi connectivity index (χ4n) is 3.27. The zero-order chi connectivity index (χ0) is 16.4. The SMILES string of the molecule is O=C(c1ccc2[nH]ccc2c1)N1CCN(CCc2cccs2)CC1. The Hall–Kier alpha value is -2.11. The molecule has 3 aromatic rings. The van der Waals surface area contributed by atoms with Gasteiger partial charge in [0, 0.05) is 60.3 Å². The molecular formula is C19H21N3OS. The van der Waals surface area contributed by atoms with Gasteiger partial charge in [0.2, 0.25) is 0 Å². The molecule has 24 heavy (non-hydrogen) atoms. The quantitative estimate of drug-likeness (QED) is 0.793. The standard InChI is InChI=1S/C19H21N3OS/c23-19(16-3-4-18-15(14-16)5-7-20-18)22-11-9-21(10-12-22)8-6-17-2-1-13-24-17/h1-5,7,13-14,20H,6,8-12H2. The van der Waals surface area contributed by atoms with E-state index in [0.29, 0.717) is 0 Å². The van der Waals surface area contributed by atoms with Crippen LogP contribution in [0.2, 0.25) is 0 Å². The number of hydrogen-bond donors (Lipinski definition) is 1. The third-order valence-corrected chi connectivity index (χ3v) is 5.65. The van der Waals surface area contributed by atoms with Gasteiger partial charge in [0.05, 0.1) is 0 Å². The summed E-state index contributed by atoms with van der Waals surface area (Å²) < 4.78 is 0. The third kappa shape index (κ3) is 3.23. The van der Waals surface area contributed by atoms with Gasteiger partial charge in [-0.15, -0.1) is 11.3 Å². The molecule has 0 spiro atoms. The van der Waals surface area contributed by atoms with Crippen LogP contribution in [0.15, 0.2) is 48.0 Å². The highest BCUT2D eigenvalue weighted by Gasteiger charge is 2.22. The van der Waals surface area contributed by atoms with Crippen molar-refractivity contribution in [3.63, 3.8) is 0 Å². The van der Waals surface area contributed by atoms with Gasteiger partial charge in [-0.1, -0.05) is 6.07 Å². The minimum atomic E-state index is 0.149. The van der Waals surface area contributed by atoms with Crippen LogP contribution in [0.25, 0.3) is 10.9 Å². The molecule has 1 aromatic carbocycles. The van der Waals surface area contributed by atoms with E-state index in [1.54, 1.807) is 0 Å². The second-order valence-electron chi connectivity index (χ2n) is 6.24. The number of amides is 1. The summed E-state index contributed by atoms with van der Waals surface area (Å²) >= 11 is 1.82. The first-order valence-corrected chi connectivity index (χ1v) is 9.29. The van der Waals surface area contributed by atoms with Crippen molar-refractivity contribution in [1.82, 2.24) is 14.8 Å². The molecule has 5 heteroatoms. The summed E-state index contributed by atoms with van der Waals surface area (Å²) in [6, 6.07) is 12.2. The van der Waals surface area contributed by atoms with Crippen LogP contribution in [0.4, 0.5) is 0 Å². The van der Waals surface area contributed by atoms with E-state index in [0.717, 1.165) is 55.6 Å². The van der Waals surface area contributed by atoms with Crippen LogP contribution in [0, 0.1) is 0 Å². The molecule has 0 saturated carbocycles. The smallest absolute Gasteiger partial charge is 0.253 e. The molecule has 3 heterocycles. The molecule has 1 amide bonds. The number of fused-ring (bicyclic) bond motifs is 1. The molecule has 1 saturated heterocycles. The Balaban J connectivity index is 1.33. The van der Waals surface area contributed by atoms with Gasteiger partial charge in [-0.25, -0.2) is 0 Å². The first-order valence-electron chi connectivity index (χ1n) is 8.41. The monoisotopic (exact) mass is 339 g/mol. The molecule has 4 rings (SSSR count). The van der Waals surface area contributed by atoms with E-state index in [4.69, 9.17) is 0 Å². The molecule has 0 radical (unpaired) electrons. The van der Waals surface area contributed by atoms with Crippen molar-refractivity contribution in [2.75, 3.05) is 32.7 Å². The summed E-state index contributed by atoms with van der Waals surface area (Å²) in [6.07, 6.45) is 3.01. The van der Waals surface area contributed by atoms with Crippen molar-refractivity contribution >= 4 is 28.1 Å². The van der Waals surface area contributed by atoms with E-state index >= 15 is 0 Å². The first-order chi connectivity index (χ1) is 11.8. The van der Waals surface area contributed by atoms with Crippen molar-refractivity contribution in [3.8, 4) is 0 Å². The molecule has 0 atom stereocenters. The molecule has 2 aromatic heterocycles. The first kappa shape index (κ1) is 15.4. The number of carbonyl (C=O) groups is 1. The number of thiophene rings is 1. The number of nitrogens with one attached hydrogen (secondary N) is 1. The lowest BCUT2D eigenvalue weighted by Gasteiger charge is -2.34. The van der Waals surface area contributed by atoms with Crippen molar-refractivity contribution < 1.29 is 4.79 Å². The highest BCUT2D eigenvalue weighted by molar-refractivity contribution is 7.09. The number of hydrogen-bond acceptors (Lipinski definition) is 3. The van der Waals surface area contributed by atoms with Gasteiger partial charge in [0.15, 0.2) is 0 Å². The van der Waals surface area contributed by atoms with Gasteiger partial charge < -0.3 is 9.88 Å². The van der Waals surface area contributed by atoms with E-state index in [1.165, 1.54) is 4.88 Å². The van der Waals surface area contributed by atoms with E-state index in [1.807, 2.05) is 46.7 Å².